The molecule has 0 aliphatic carbocycles. The number of rotatable bonds is 0. The number of dihydropyridines is 1. The van der Waals surface area contributed by atoms with Gasteiger partial charge in [-0.05, 0) is 6.08 Å². The van der Waals surface area contributed by atoms with Gasteiger partial charge >= 0.3 is 0 Å². The number of amides is 1. The third-order valence-electron chi connectivity index (χ3n) is 0.709. The van der Waals surface area contributed by atoms with Crippen LogP contribution in [0.3, 0.4) is 0 Å². The van der Waals surface area contributed by atoms with Gasteiger partial charge in [0.25, 0.3) is 5.91 Å². The van der Waals surface area contributed by atoms with E-state index in [1.54, 1.807) is 0 Å². The third-order valence-corrected chi connectivity index (χ3v) is 0.709. The molecular formula is C6H7NO2. The minimum Gasteiger partial charge on any atom is -0.288 e. The lowest BCUT2D eigenvalue weighted by Gasteiger charge is -1.87. The largest absolute Gasteiger partial charge is 0.288 e. The summed E-state index contributed by atoms with van der Waals surface area (Å²) in [5, 5.41) is 0. The number of carbonyl (C=O) groups excluding carboxylic acids is 2. The highest BCUT2D eigenvalue weighted by Gasteiger charge is 1.99. The standard InChI is InChI=1S/C5H3NO2.CH4/c7-4-1-2-5(8)6-3-4;/h1-3H;1H4. The van der Waals surface area contributed by atoms with Gasteiger partial charge in [-0.25, -0.2) is 4.99 Å². The molecule has 1 aliphatic heterocycles. The molecule has 0 aromatic heterocycles. The van der Waals surface area contributed by atoms with Crippen LogP contribution in [-0.4, -0.2) is 17.9 Å². The summed E-state index contributed by atoms with van der Waals surface area (Å²) in [7, 11) is 0. The summed E-state index contributed by atoms with van der Waals surface area (Å²) in [6, 6.07) is 0. The molecule has 9 heavy (non-hydrogen) atoms. The summed E-state index contributed by atoms with van der Waals surface area (Å²) in [5.41, 5.74) is 0. The Kier molecular flexibility index (Phi) is 2.51. The zero-order valence-electron chi connectivity index (χ0n) is 4.00. The molecule has 0 radical (unpaired) electrons. The number of aliphatic imine (C=N–C) groups is 1. The summed E-state index contributed by atoms with van der Waals surface area (Å²) >= 11 is 0. The molecular weight excluding hydrogens is 118 g/mol. The predicted molar refractivity (Wildman–Crippen MR) is 34.4 cm³/mol. The van der Waals surface area contributed by atoms with Crippen molar-refractivity contribution in [1.29, 1.82) is 0 Å². The second-order valence-electron chi connectivity index (χ2n) is 1.33. The Morgan fingerprint density at radius 1 is 1.22 bits per heavy atom. The molecule has 0 saturated carbocycles. The highest BCUT2D eigenvalue weighted by Crippen LogP contribution is 1.85. The van der Waals surface area contributed by atoms with Crippen molar-refractivity contribution in [3.05, 3.63) is 12.2 Å². The summed E-state index contributed by atoms with van der Waals surface area (Å²) < 4.78 is 0. The van der Waals surface area contributed by atoms with Gasteiger partial charge in [-0.2, -0.15) is 0 Å². The Morgan fingerprint density at radius 3 is 2.22 bits per heavy atom. The van der Waals surface area contributed by atoms with Gasteiger partial charge in [-0.3, -0.25) is 9.59 Å². The molecule has 0 fully saturated rings. The Hall–Kier alpha value is -1.25. The maximum atomic E-state index is 10.2. The summed E-state index contributed by atoms with van der Waals surface area (Å²) in [6.45, 7) is 0. The molecule has 0 spiro atoms. The average Bonchev–Trinajstić information content (AvgIpc) is 1.77. The molecule has 3 heteroatoms. The number of ketones is 1. The molecule has 1 heterocycles. The van der Waals surface area contributed by atoms with E-state index in [4.69, 9.17) is 0 Å². The Morgan fingerprint density at radius 2 is 1.89 bits per heavy atom. The molecule has 0 aromatic rings. The quantitative estimate of drug-likeness (QED) is 0.469. The molecule has 0 bridgehead atoms. The molecule has 0 aromatic carbocycles. The summed E-state index contributed by atoms with van der Waals surface area (Å²) in [5.74, 6) is -0.603. The average molecular weight is 125 g/mol. The van der Waals surface area contributed by atoms with Gasteiger partial charge < -0.3 is 0 Å². The molecule has 0 unspecified atom stereocenters. The maximum Gasteiger partial charge on any atom is 0.269 e. The monoisotopic (exact) mass is 125 g/mol. The van der Waals surface area contributed by atoms with Crippen molar-refractivity contribution in [2.45, 2.75) is 7.43 Å². The third kappa shape index (κ3) is 1.99. The lowest BCUT2D eigenvalue weighted by molar-refractivity contribution is -0.115. The van der Waals surface area contributed by atoms with Crippen molar-refractivity contribution >= 4 is 17.9 Å². The van der Waals surface area contributed by atoms with Crippen LogP contribution in [0.4, 0.5) is 0 Å². The van der Waals surface area contributed by atoms with E-state index >= 15 is 0 Å². The first-order valence-corrected chi connectivity index (χ1v) is 2.09. The van der Waals surface area contributed by atoms with Crippen molar-refractivity contribution in [3.8, 4) is 0 Å². The SMILES string of the molecule is C.O=C1C=CC(=O)N=C1. The second kappa shape index (κ2) is 2.91. The van der Waals surface area contributed by atoms with Crippen LogP contribution in [0.5, 0.6) is 0 Å². The minimum atomic E-state index is -0.371. The maximum absolute atomic E-state index is 10.2. The smallest absolute Gasteiger partial charge is 0.269 e. The van der Waals surface area contributed by atoms with Crippen molar-refractivity contribution in [2.24, 2.45) is 4.99 Å². The molecule has 1 amide bonds. The van der Waals surface area contributed by atoms with Crippen LogP contribution < -0.4 is 0 Å². The van der Waals surface area contributed by atoms with Gasteiger partial charge in [0.2, 0.25) is 0 Å². The zero-order chi connectivity index (χ0) is 5.98. The lowest BCUT2D eigenvalue weighted by Crippen LogP contribution is -2.03. The van der Waals surface area contributed by atoms with E-state index in [9.17, 15) is 9.59 Å². The predicted octanol–water partition coefficient (Wildman–Crippen LogP) is 0.359. The molecule has 1 aliphatic rings. The fourth-order valence-electron chi connectivity index (χ4n) is 0.367. The molecule has 0 N–H and O–H groups in total. The number of nitrogens with zero attached hydrogens (tertiary/aromatic N) is 1. The first kappa shape index (κ1) is 7.75. The first-order chi connectivity index (χ1) is 3.79. The fourth-order valence-corrected chi connectivity index (χ4v) is 0.367. The summed E-state index contributed by atoms with van der Waals surface area (Å²) in [4.78, 5) is 23.6. The van der Waals surface area contributed by atoms with Crippen LogP contribution in [0.1, 0.15) is 7.43 Å². The van der Waals surface area contributed by atoms with Gasteiger partial charge in [0, 0.05) is 6.08 Å². The topological polar surface area (TPSA) is 46.5 Å². The van der Waals surface area contributed by atoms with E-state index in [0.717, 1.165) is 12.3 Å². The number of allylic oxidation sites excluding steroid dienone is 1. The number of hydrogen-bond donors (Lipinski definition) is 0. The lowest BCUT2D eigenvalue weighted by atomic mass is 10.3. The number of carbonyl (C=O) groups is 2. The van der Waals surface area contributed by atoms with Gasteiger partial charge in [-0.15, -0.1) is 0 Å². The van der Waals surface area contributed by atoms with Gasteiger partial charge in [0.15, 0.2) is 5.78 Å². The Bertz CT molecular complexity index is 153. The highest BCUT2D eigenvalue weighted by molar-refractivity contribution is 6.37. The van der Waals surface area contributed by atoms with Crippen LogP contribution in [0, 0.1) is 0 Å². The van der Waals surface area contributed by atoms with E-state index in [1.807, 2.05) is 0 Å². The van der Waals surface area contributed by atoms with Gasteiger partial charge in [-0.1, -0.05) is 7.43 Å². The summed E-state index contributed by atoms with van der Waals surface area (Å²) in [6.07, 6.45) is 3.33. The first-order valence-electron chi connectivity index (χ1n) is 2.09. The van der Waals surface area contributed by atoms with Crippen LogP contribution in [0.2, 0.25) is 0 Å². The zero-order valence-corrected chi connectivity index (χ0v) is 4.00. The molecule has 1 rings (SSSR count). The van der Waals surface area contributed by atoms with Crippen molar-refractivity contribution in [1.82, 2.24) is 0 Å². The highest BCUT2D eigenvalue weighted by atomic mass is 16.2. The van der Waals surface area contributed by atoms with E-state index in [0.29, 0.717) is 0 Å². The molecule has 0 saturated heterocycles. The van der Waals surface area contributed by atoms with Crippen molar-refractivity contribution < 1.29 is 9.59 Å². The minimum absolute atomic E-state index is 0. The Balaban J connectivity index is 0.000000640. The molecule has 48 valence electrons. The fraction of sp³-hybridized carbons (Fsp3) is 0.167. The van der Waals surface area contributed by atoms with Gasteiger partial charge in [0.05, 0.1) is 6.21 Å². The normalized spacial score (nSPS) is 15.6. The van der Waals surface area contributed by atoms with Gasteiger partial charge in [0.1, 0.15) is 0 Å². The second-order valence-corrected chi connectivity index (χ2v) is 1.33. The van der Waals surface area contributed by atoms with Crippen molar-refractivity contribution in [3.63, 3.8) is 0 Å². The molecule has 0 atom stereocenters. The van der Waals surface area contributed by atoms with Crippen LogP contribution in [-0.2, 0) is 9.59 Å². The van der Waals surface area contributed by atoms with E-state index < -0.39 is 0 Å². The Labute approximate surface area is 53.1 Å². The van der Waals surface area contributed by atoms with Crippen LogP contribution in [0.15, 0.2) is 17.1 Å². The van der Waals surface area contributed by atoms with E-state index in [2.05, 4.69) is 4.99 Å². The van der Waals surface area contributed by atoms with Crippen molar-refractivity contribution in [2.75, 3.05) is 0 Å². The molecule has 3 nitrogen and oxygen atoms in total. The van der Waals surface area contributed by atoms with E-state index in [-0.39, 0.29) is 19.1 Å². The van der Waals surface area contributed by atoms with E-state index in [1.165, 1.54) is 6.08 Å². The number of hydrogen-bond acceptors (Lipinski definition) is 2. The van der Waals surface area contributed by atoms with Crippen LogP contribution >= 0.6 is 0 Å². The van der Waals surface area contributed by atoms with Crippen LogP contribution in [0.25, 0.3) is 0 Å².